The van der Waals surface area contributed by atoms with Crippen LogP contribution in [-0.2, 0) is 4.74 Å². The third-order valence-electron chi connectivity index (χ3n) is 1.95. The topological polar surface area (TPSA) is 30.5 Å². The van der Waals surface area contributed by atoms with Crippen molar-refractivity contribution in [3.05, 3.63) is 24.3 Å². The average Bonchev–Trinajstić information content (AvgIpc) is 2.24. The lowest BCUT2D eigenvalue weighted by Crippen LogP contribution is -2.18. The highest BCUT2D eigenvalue weighted by atomic mass is 19.4. The predicted octanol–water partition coefficient (Wildman–Crippen LogP) is 3.03. The van der Waals surface area contributed by atoms with E-state index in [1.165, 1.54) is 18.2 Å². The molecule has 1 aromatic carbocycles. The van der Waals surface area contributed by atoms with Crippen LogP contribution in [0.1, 0.15) is 6.42 Å². The Morgan fingerprint density at radius 1 is 1.24 bits per heavy atom. The van der Waals surface area contributed by atoms with E-state index in [2.05, 4.69) is 10.1 Å². The zero-order valence-corrected chi connectivity index (χ0v) is 9.38. The van der Waals surface area contributed by atoms with E-state index in [9.17, 15) is 13.2 Å². The molecule has 0 saturated carbocycles. The number of hydrogen-bond acceptors (Lipinski definition) is 3. The fourth-order valence-electron chi connectivity index (χ4n) is 1.27. The number of anilines is 1. The van der Waals surface area contributed by atoms with Gasteiger partial charge >= 0.3 is 6.36 Å². The SMILES string of the molecule is COCCCNc1ccccc1OC(F)(F)F. The van der Waals surface area contributed by atoms with E-state index in [1.54, 1.807) is 13.2 Å². The number of nitrogens with one attached hydrogen (secondary N) is 1. The molecule has 0 bridgehead atoms. The number of ether oxygens (including phenoxy) is 2. The molecule has 0 amide bonds. The molecule has 1 N–H and O–H groups in total. The molecule has 1 rings (SSSR count). The number of rotatable bonds is 6. The van der Waals surface area contributed by atoms with Crippen molar-refractivity contribution < 1.29 is 22.6 Å². The summed E-state index contributed by atoms with van der Waals surface area (Å²) in [5.74, 6) is -0.225. The number of hydrogen-bond donors (Lipinski definition) is 1. The van der Waals surface area contributed by atoms with Gasteiger partial charge in [-0.25, -0.2) is 0 Å². The maximum absolute atomic E-state index is 12.1. The van der Waals surface area contributed by atoms with Crippen molar-refractivity contribution >= 4 is 5.69 Å². The van der Waals surface area contributed by atoms with Crippen LogP contribution in [0.4, 0.5) is 18.9 Å². The summed E-state index contributed by atoms with van der Waals surface area (Å²) in [6, 6.07) is 5.93. The highest BCUT2D eigenvalue weighted by Gasteiger charge is 2.31. The fourth-order valence-corrected chi connectivity index (χ4v) is 1.27. The van der Waals surface area contributed by atoms with Gasteiger partial charge in [-0.2, -0.15) is 0 Å². The maximum atomic E-state index is 12.1. The van der Waals surface area contributed by atoms with Gasteiger partial charge in [-0.3, -0.25) is 0 Å². The summed E-state index contributed by atoms with van der Waals surface area (Å²) < 4.78 is 45.0. The molecular formula is C11H14F3NO2. The molecule has 0 aliphatic rings. The number of methoxy groups -OCH3 is 1. The van der Waals surface area contributed by atoms with Crippen LogP contribution >= 0.6 is 0 Å². The molecule has 0 atom stereocenters. The molecule has 17 heavy (non-hydrogen) atoms. The number of para-hydroxylation sites is 2. The Morgan fingerprint density at radius 2 is 1.94 bits per heavy atom. The molecule has 6 heteroatoms. The van der Waals surface area contributed by atoms with Crippen molar-refractivity contribution in [2.45, 2.75) is 12.8 Å². The first-order valence-electron chi connectivity index (χ1n) is 5.10. The average molecular weight is 249 g/mol. The van der Waals surface area contributed by atoms with Gasteiger partial charge in [0.2, 0.25) is 0 Å². The molecule has 3 nitrogen and oxygen atoms in total. The standard InChI is InChI=1S/C11H14F3NO2/c1-16-8-4-7-15-9-5-2-3-6-10(9)17-11(12,13)14/h2-3,5-6,15H,4,7-8H2,1H3. The first-order chi connectivity index (χ1) is 8.03. The molecule has 0 aliphatic heterocycles. The normalized spacial score (nSPS) is 11.3. The van der Waals surface area contributed by atoms with Gasteiger partial charge in [-0.05, 0) is 18.6 Å². The van der Waals surface area contributed by atoms with E-state index in [1.807, 2.05) is 0 Å². The van der Waals surface area contributed by atoms with Crippen LogP contribution < -0.4 is 10.1 Å². The Balaban J connectivity index is 2.58. The molecule has 1 aromatic rings. The lowest BCUT2D eigenvalue weighted by molar-refractivity contribution is -0.274. The Bertz CT molecular complexity index is 342. The molecule has 0 aliphatic carbocycles. The summed E-state index contributed by atoms with van der Waals surface area (Å²) in [4.78, 5) is 0. The molecule has 0 spiro atoms. The highest BCUT2D eigenvalue weighted by molar-refractivity contribution is 5.56. The molecule has 0 saturated heterocycles. The summed E-state index contributed by atoms with van der Waals surface area (Å²) in [7, 11) is 1.57. The second-order valence-corrected chi connectivity index (χ2v) is 3.32. The van der Waals surface area contributed by atoms with Gasteiger partial charge in [0, 0.05) is 20.3 Å². The van der Waals surface area contributed by atoms with E-state index in [0.29, 0.717) is 25.3 Å². The Hall–Kier alpha value is -1.43. The zero-order chi connectivity index (χ0) is 12.7. The van der Waals surface area contributed by atoms with Crippen LogP contribution in [0.5, 0.6) is 5.75 Å². The first-order valence-corrected chi connectivity index (χ1v) is 5.10. The van der Waals surface area contributed by atoms with Gasteiger partial charge in [-0.1, -0.05) is 12.1 Å². The Morgan fingerprint density at radius 3 is 2.59 bits per heavy atom. The van der Waals surface area contributed by atoms with Crippen molar-refractivity contribution in [2.24, 2.45) is 0 Å². The van der Waals surface area contributed by atoms with Crippen molar-refractivity contribution in [3.8, 4) is 5.75 Å². The lowest BCUT2D eigenvalue weighted by atomic mass is 10.3. The Labute approximate surface area is 97.5 Å². The molecule has 0 heterocycles. The van der Waals surface area contributed by atoms with E-state index in [-0.39, 0.29) is 5.75 Å². The van der Waals surface area contributed by atoms with Crippen LogP contribution in [0, 0.1) is 0 Å². The van der Waals surface area contributed by atoms with Crippen LogP contribution in [0.15, 0.2) is 24.3 Å². The number of benzene rings is 1. The summed E-state index contributed by atoms with van der Waals surface area (Å²) >= 11 is 0. The van der Waals surface area contributed by atoms with Gasteiger partial charge in [0.1, 0.15) is 0 Å². The van der Waals surface area contributed by atoms with E-state index in [0.717, 1.165) is 0 Å². The third kappa shape index (κ3) is 5.44. The molecular weight excluding hydrogens is 235 g/mol. The minimum atomic E-state index is -4.68. The largest absolute Gasteiger partial charge is 0.573 e. The summed E-state index contributed by atoms with van der Waals surface area (Å²) in [5, 5.41) is 2.87. The number of alkyl halides is 3. The zero-order valence-electron chi connectivity index (χ0n) is 9.38. The van der Waals surface area contributed by atoms with E-state index in [4.69, 9.17) is 4.74 Å². The van der Waals surface area contributed by atoms with Crippen molar-refractivity contribution in [1.29, 1.82) is 0 Å². The van der Waals surface area contributed by atoms with Crippen LogP contribution in [0.25, 0.3) is 0 Å². The van der Waals surface area contributed by atoms with Crippen molar-refractivity contribution in [1.82, 2.24) is 0 Å². The van der Waals surface area contributed by atoms with Gasteiger partial charge in [0.05, 0.1) is 5.69 Å². The molecule has 0 aromatic heterocycles. The first kappa shape index (κ1) is 13.6. The Kier molecular flexibility index (Phi) is 5.09. The second kappa shape index (κ2) is 6.34. The molecule has 0 unspecified atom stereocenters. The summed E-state index contributed by atoms with van der Waals surface area (Å²) in [6.45, 7) is 1.07. The molecule has 96 valence electrons. The smallest absolute Gasteiger partial charge is 0.404 e. The number of halogens is 3. The van der Waals surface area contributed by atoms with Gasteiger partial charge in [0.25, 0.3) is 0 Å². The van der Waals surface area contributed by atoms with Crippen molar-refractivity contribution in [3.63, 3.8) is 0 Å². The van der Waals surface area contributed by atoms with Gasteiger partial charge < -0.3 is 14.8 Å². The maximum Gasteiger partial charge on any atom is 0.573 e. The minimum Gasteiger partial charge on any atom is -0.404 e. The lowest BCUT2D eigenvalue weighted by Gasteiger charge is -2.14. The minimum absolute atomic E-state index is 0.225. The van der Waals surface area contributed by atoms with Gasteiger partial charge in [-0.15, -0.1) is 13.2 Å². The predicted molar refractivity (Wildman–Crippen MR) is 58.1 cm³/mol. The van der Waals surface area contributed by atoms with E-state index < -0.39 is 6.36 Å². The van der Waals surface area contributed by atoms with Gasteiger partial charge in [0.15, 0.2) is 5.75 Å². The molecule has 0 fully saturated rings. The quantitative estimate of drug-likeness (QED) is 0.786. The fraction of sp³-hybridized carbons (Fsp3) is 0.455. The second-order valence-electron chi connectivity index (χ2n) is 3.32. The monoisotopic (exact) mass is 249 g/mol. The highest BCUT2D eigenvalue weighted by Crippen LogP contribution is 2.29. The molecule has 0 radical (unpaired) electrons. The third-order valence-corrected chi connectivity index (χ3v) is 1.95. The van der Waals surface area contributed by atoms with Crippen LogP contribution in [0.2, 0.25) is 0 Å². The summed E-state index contributed by atoms with van der Waals surface area (Å²) in [5.41, 5.74) is 0.320. The van der Waals surface area contributed by atoms with Crippen LogP contribution in [0.3, 0.4) is 0 Å². The van der Waals surface area contributed by atoms with Crippen molar-refractivity contribution in [2.75, 3.05) is 25.6 Å². The van der Waals surface area contributed by atoms with E-state index >= 15 is 0 Å². The summed E-state index contributed by atoms with van der Waals surface area (Å²) in [6.07, 6.45) is -3.97. The van der Waals surface area contributed by atoms with Crippen LogP contribution in [-0.4, -0.2) is 26.6 Å².